The summed E-state index contributed by atoms with van der Waals surface area (Å²) in [6, 6.07) is 10.8. The molecule has 1 aliphatic heterocycles. The Labute approximate surface area is 153 Å². The van der Waals surface area contributed by atoms with Gasteiger partial charge in [0.2, 0.25) is 5.91 Å². The van der Waals surface area contributed by atoms with E-state index in [1.807, 2.05) is 13.8 Å². The highest BCUT2D eigenvalue weighted by Crippen LogP contribution is 2.21. The van der Waals surface area contributed by atoms with Crippen LogP contribution in [0.25, 0.3) is 0 Å². The van der Waals surface area contributed by atoms with Gasteiger partial charge in [0.1, 0.15) is 0 Å². The van der Waals surface area contributed by atoms with Crippen molar-refractivity contribution in [3.8, 4) is 0 Å². The first kappa shape index (κ1) is 19.9. The highest BCUT2D eigenvalue weighted by Gasteiger charge is 2.19. The molecule has 2 unspecified atom stereocenters. The number of amides is 1. The van der Waals surface area contributed by atoms with Crippen LogP contribution in [-0.2, 0) is 11.2 Å². The van der Waals surface area contributed by atoms with E-state index in [1.165, 1.54) is 37.9 Å². The number of hydrogen-bond acceptors (Lipinski definition) is 3. The first-order valence-corrected chi connectivity index (χ1v) is 9.86. The summed E-state index contributed by atoms with van der Waals surface area (Å²) in [5.74, 6) is 0.804. The molecule has 1 heterocycles. The van der Waals surface area contributed by atoms with Crippen LogP contribution in [0.3, 0.4) is 0 Å². The summed E-state index contributed by atoms with van der Waals surface area (Å²) in [6.45, 7) is 8.11. The maximum Gasteiger partial charge on any atom is 0.224 e. The SMILES string of the molecule is CC(N)C(C)C(=O)NCCCCN1CCC(Cc2ccccc2)CC1. The molecule has 0 saturated carbocycles. The molecule has 1 aliphatic rings. The lowest BCUT2D eigenvalue weighted by Gasteiger charge is -2.32. The van der Waals surface area contributed by atoms with Crippen LogP contribution in [0.5, 0.6) is 0 Å². The summed E-state index contributed by atoms with van der Waals surface area (Å²) in [6.07, 6.45) is 6.02. The molecule has 1 aromatic carbocycles. The number of nitrogens with two attached hydrogens (primary N) is 1. The molecule has 0 aromatic heterocycles. The Morgan fingerprint density at radius 2 is 1.88 bits per heavy atom. The number of carbonyl (C=O) groups is 1. The van der Waals surface area contributed by atoms with Gasteiger partial charge < -0.3 is 16.0 Å². The summed E-state index contributed by atoms with van der Waals surface area (Å²) in [7, 11) is 0. The Hall–Kier alpha value is -1.39. The second-order valence-electron chi connectivity index (χ2n) is 7.62. The second kappa shape index (κ2) is 10.6. The molecule has 3 N–H and O–H groups in total. The first-order valence-electron chi connectivity index (χ1n) is 9.86. The van der Waals surface area contributed by atoms with Gasteiger partial charge in [-0.1, -0.05) is 37.3 Å². The molecule has 2 atom stereocenters. The number of likely N-dealkylation sites (tertiary alicyclic amines) is 1. The van der Waals surface area contributed by atoms with E-state index in [9.17, 15) is 4.79 Å². The van der Waals surface area contributed by atoms with E-state index in [1.54, 1.807) is 0 Å². The molecule has 2 rings (SSSR count). The van der Waals surface area contributed by atoms with E-state index in [-0.39, 0.29) is 17.9 Å². The number of nitrogens with one attached hydrogen (secondary N) is 1. The fourth-order valence-corrected chi connectivity index (χ4v) is 3.43. The van der Waals surface area contributed by atoms with Gasteiger partial charge in [0.15, 0.2) is 0 Å². The molecule has 140 valence electrons. The van der Waals surface area contributed by atoms with Gasteiger partial charge in [0.05, 0.1) is 0 Å². The van der Waals surface area contributed by atoms with Gasteiger partial charge in [-0.25, -0.2) is 0 Å². The van der Waals surface area contributed by atoms with Crippen LogP contribution in [0.2, 0.25) is 0 Å². The Balaban J connectivity index is 1.53. The molecule has 4 nitrogen and oxygen atoms in total. The quantitative estimate of drug-likeness (QED) is 0.677. The fourth-order valence-electron chi connectivity index (χ4n) is 3.43. The number of benzene rings is 1. The molecule has 4 heteroatoms. The summed E-state index contributed by atoms with van der Waals surface area (Å²) in [5.41, 5.74) is 7.23. The van der Waals surface area contributed by atoms with Crippen LogP contribution in [0.1, 0.15) is 45.1 Å². The topological polar surface area (TPSA) is 58.4 Å². The van der Waals surface area contributed by atoms with Crippen molar-refractivity contribution < 1.29 is 4.79 Å². The predicted octanol–water partition coefficient (Wildman–Crippen LogP) is 2.82. The Kier molecular flexibility index (Phi) is 8.42. The van der Waals surface area contributed by atoms with Crippen LogP contribution in [0, 0.1) is 11.8 Å². The van der Waals surface area contributed by atoms with Crippen molar-refractivity contribution in [3.05, 3.63) is 35.9 Å². The lowest BCUT2D eigenvalue weighted by molar-refractivity contribution is -0.124. The minimum atomic E-state index is -0.108. The minimum absolute atomic E-state index is 0.0803. The molecule has 0 radical (unpaired) electrons. The van der Waals surface area contributed by atoms with Crippen molar-refractivity contribution in [1.29, 1.82) is 0 Å². The van der Waals surface area contributed by atoms with E-state index < -0.39 is 0 Å². The third-order valence-electron chi connectivity index (χ3n) is 5.48. The monoisotopic (exact) mass is 345 g/mol. The average molecular weight is 346 g/mol. The maximum absolute atomic E-state index is 11.8. The number of rotatable bonds is 9. The molecular formula is C21H35N3O. The normalized spacial score (nSPS) is 18.7. The molecule has 25 heavy (non-hydrogen) atoms. The zero-order chi connectivity index (χ0) is 18.1. The summed E-state index contributed by atoms with van der Waals surface area (Å²) in [4.78, 5) is 14.4. The fraction of sp³-hybridized carbons (Fsp3) is 0.667. The first-order chi connectivity index (χ1) is 12.1. The summed E-state index contributed by atoms with van der Waals surface area (Å²) < 4.78 is 0. The lowest BCUT2D eigenvalue weighted by Crippen LogP contribution is -2.39. The molecule has 1 saturated heterocycles. The van der Waals surface area contributed by atoms with Gasteiger partial charge in [-0.2, -0.15) is 0 Å². The van der Waals surface area contributed by atoms with Crippen molar-refractivity contribution in [2.45, 2.75) is 52.0 Å². The van der Waals surface area contributed by atoms with E-state index >= 15 is 0 Å². The van der Waals surface area contributed by atoms with E-state index in [0.717, 1.165) is 31.8 Å². The van der Waals surface area contributed by atoms with Crippen LogP contribution < -0.4 is 11.1 Å². The third kappa shape index (κ3) is 7.17. The third-order valence-corrected chi connectivity index (χ3v) is 5.48. The Morgan fingerprint density at radius 1 is 1.20 bits per heavy atom. The Morgan fingerprint density at radius 3 is 2.52 bits per heavy atom. The number of nitrogens with zero attached hydrogens (tertiary/aromatic N) is 1. The average Bonchev–Trinajstić information content (AvgIpc) is 2.62. The lowest BCUT2D eigenvalue weighted by atomic mass is 9.90. The van der Waals surface area contributed by atoms with E-state index in [4.69, 9.17) is 5.73 Å². The van der Waals surface area contributed by atoms with E-state index in [2.05, 4.69) is 40.5 Å². The Bertz CT molecular complexity index is 495. The number of unbranched alkanes of at least 4 members (excludes halogenated alkanes) is 1. The molecule has 0 spiro atoms. The standard InChI is InChI=1S/C21H35N3O/c1-17(18(2)22)21(25)23-12-6-7-13-24-14-10-20(11-15-24)16-19-8-4-3-5-9-19/h3-5,8-9,17-18,20H,6-7,10-16,22H2,1-2H3,(H,23,25). The molecule has 0 bridgehead atoms. The van der Waals surface area contributed by atoms with Gasteiger partial charge >= 0.3 is 0 Å². The van der Waals surface area contributed by atoms with Gasteiger partial charge in [-0.15, -0.1) is 0 Å². The van der Waals surface area contributed by atoms with Gasteiger partial charge in [-0.05, 0) is 70.1 Å². The van der Waals surface area contributed by atoms with Crippen LogP contribution in [0.4, 0.5) is 0 Å². The van der Waals surface area contributed by atoms with Crippen molar-refractivity contribution in [2.75, 3.05) is 26.2 Å². The van der Waals surface area contributed by atoms with Gasteiger partial charge in [0.25, 0.3) is 0 Å². The van der Waals surface area contributed by atoms with Gasteiger partial charge in [0, 0.05) is 18.5 Å². The molecule has 1 aromatic rings. The smallest absolute Gasteiger partial charge is 0.224 e. The summed E-state index contributed by atoms with van der Waals surface area (Å²) >= 11 is 0. The molecule has 1 amide bonds. The zero-order valence-corrected chi connectivity index (χ0v) is 15.9. The largest absolute Gasteiger partial charge is 0.356 e. The minimum Gasteiger partial charge on any atom is -0.356 e. The molecule has 0 aliphatic carbocycles. The number of hydrogen-bond donors (Lipinski definition) is 2. The van der Waals surface area contributed by atoms with Crippen LogP contribution >= 0.6 is 0 Å². The second-order valence-corrected chi connectivity index (χ2v) is 7.62. The van der Waals surface area contributed by atoms with Crippen molar-refractivity contribution >= 4 is 5.91 Å². The molecular weight excluding hydrogens is 310 g/mol. The van der Waals surface area contributed by atoms with Crippen molar-refractivity contribution in [1.82, 2.24) is 10.2 Å². The highest BCUT2D eigenvalue weighted by molar-refractivity contribution is 5.78. The molecule has 1 fully saturated rings. The van der Waals surface area contributed by atoms with Gasteiger partial charge in [-0.3, -0.25) is 4.79 Å². The number of piperidine rings is 1. The van der Waals surface area contributed by atoms with Crippen LogP contribution in [0.15, 0.2) is 30.3 Å². The predicted molar refractivity (Wildman–Crippen MR) is 104 cm³/mol. The highest BCUT2D eigenvalue weighted by atomic mass is 16.1. The maximum atomic E-state index is 11.8. The van der Waals surface area contributed by atoms with Crippen molar-refractivity contribution in [3.63, 3.8) is 0 Å². The zero-order valence-electron chi connectivity index (χ0n) is 15.9. The van der Waals surface area contributed by atoms with Crippen LogP contribution in [-0.4, -0.2) is 43.0 Å². The summed E-state index contributed by atoms with van der Waals surface area (Å²) in [5, 5.41) is 3.00. The van der Waals surface area contributed by atoms with E-state index in [0.29, 0.717) is 0 Å². The van der Waals surface area contributed by atoms with Crippen molar-refractivity contribution in [2.24, 2.45) is 17.6 Å². The number of carbonyl (C=O) groups excluding carboxylic acids is 1.